The summed E-state index contributed by atoms with van der Waals surface area (Å²) < 4.78 is 25.5. The van der Waals surface area contributed by atoms with Crippen molar-refractivity contribution >= 4 is 27.3 Å². The van der Waals surface area contributed by atoms with E-state index in [0.717, 1.165) is 27.3 Å². The summed E-state index contributed by atoms with van der Waals surface area (Å²) in [5, 5.41) is 4.06. The number of carbonyl (C=O) groups excluding carboxylic acids is 1. The highest BCUT2D eigenvalue weighted by Crippen LogP contribution is 2.23. The Kier molecular flexibility index (Phi) is 6.15. The van der Waals surface area contributed by atoms with Crippen molar-refractivity contribution in [2.24, 2.45) is 5.10 Å². The first-order valence-corrected chi connectivity index (χ1v) is 9.97. The molecule has 2 rings (SSSR count). The zero-order valence-electron chi connectivity index (χ0n) is 15.4. The van der Waals surface area contributed by atoms with E-state index in [1.807, 2.05) is 56.3 Å². The van der Waals surface area contributed by atoms with Gasteiger partial charge in [0.1, 0.15) is 6.54 Å². The summed E-state index contributed by atoms with van der Waals surface area (Å²) in [6.07, 6.45) is 1.08. The summed E-state index contributed by atoms with van der Waals surface area (Å²) in [4.78, 5) is 12.3. The molecule has 0 aliphatic heterocycles. The van der Waals surface area contributed by atoms with E-state index >= 15 is 0 Å². The van der Waals surface area contributed by atoms with Crippen LogP contribution in [0.2, 0.25) is 0 Å². The third kappa shape index (κ3) is 5.16. The molecule has 0 atom stereocenters. The number of rotatable bonds is 6. The second-order valence-corrected chi connectivity index (χ2v) is 8.06. The lowest BCUT2D eigenvalue weighted by Crippen LogP contribution is -2.39. The molecule has 6 nitrogen and oxygen atoms in total. The molecule has 26 heavy (non-hydrogen) atoms. The Bertz CT molecular complexity index is 922. The van der Waals surface area contributed by atoms with Gasteiger partial charge in [-0.2, -0.15) is 5.10 Å². The van der Waals surface area contributed by atoms with Gasteiger partial charge in [0.05, 0.1) is 17.7 Å². The fourth-order valence-electron chi connectivity index (χ4n) is 2.43. The van der Waals surface area contributed by atoms with Crippen molar-refractivity contribution < 1.29 is 13.2 Å². The maximum absolute atomic E-state index is 12.3. The Morgan fingerprint density at radius 3 is 2.38 bits per heavy atom. The molecule has 0 unspecified atom stereocenters. The van der Waals surface area contributed by atoms with E-state index in [9.17, 15) is 13.2 Å². The van der Waals surface area contributed by atoms with E-state index in [1.165, 1.54) is 0 Å². The number of hydrogen-bond donors (Lipinski definition) is 1. The zero-order chi connectivity index (χ0) is 19.3. The first-order valence-electron chi connectivity index (χ1n) is 8.12. The first kappa shape index (κ1) is 19.7. The monoisotopic (exact) mass is 373 g/mol. The standard InChI is InChI=1S/C19H23N3O3S/c1-14-10-11-15(2)18(12-14)22(26(4,24)25)13-19(23)21-20-16(3)17-8-6-5-7-9-17/h5-12H,13H2,1-4H3,(H,21,23)/b20-16-. The molecule has 0 fully saturated rings. The van der Waals surface area contributed by atoms with Gasteiger partial charge in [0.25, 0.3) is 5.91 Å². The quantitative estimate of drug-likeness (QED) is 0.624. The third-order valence-electron chi connectivity index (χ3n) is 3.86. The number of hydrogen-bond acceptors (Lipinski definition) is 4. The summed E-state index contributed by atoms with van der Waals surface area (Å²) in [5.41, 5.74) is 6.13. The van der Waals surface area contributed by atoms with Crippen molar-refractivity contribution in [2.45, 2.75) is 20.8 Å². The molecule has 2 aromatic rings. The Balaban J connectivity index is 2.19. The lowest BCUT2D eigenvalue weighted by Gasteiger charge is -2.23. The number of anilines is 1. The highest BCUT2D eigenvalue weighted by Gasteiger charge is 2.22. The van der Waals surface area contributed by atoms with Crippen LogP contribution in [0.5, 0.6) is 0 Å². The van der Waals surface area contributed by atoms with Crippen molar-refractivity contribution in [1.29, 1.82) is 0 Å². The predicted octanol–water partition coefficient (Wildman–Crippen LogP) is 2.61. The molecule has 0 saturated carbocycles. The Morgan fingerprint density at radius 1 is 1.12 bits per heavy atom. The fourth-order valence-corrected chi connectivity index (χ4v) is 3.33. The third-order valence-corrected chi connectivity index (χ3v) is 4.99. The predicted molar refractivity (Wildman–Crippen MR) is 105 cm³/mol. The minimum atomic E-state index is -3.62. The molecule has 0 aliphatic carbocycles. The molecule has 0 heterocycles. The molecule has 0 aromatic heterocycles. The molecule has 0 aliphatic rings. The normalized spacial score (nSPS) is 11.9. The Morgan fingerprint density at radius 2 is 1.77 bits per heavy atom. The number of nitrogens with one attached hydrogen (secondary N) is 1. The second-order valence-electron chi connectivity index (χ2n) is 6.16. The summed E-state index contributed by atoms with van der Waals surface area (Å²) >= 11 is 0. The summed E-state index contributed by atoms with van der Waals surface area (Å²) in [6, 6.07) is 14.9. The molecular weight excluding hydrogens is 350 g/mol. The maximum Gasteiger partial charge on any atom is 0.260 e. The molecule has 7 heteroatoms. The van der Waals surface area contributed by atoms with Gasteiger partial charge in [0, 0.05) is 0 Å². The molecule has 0 radical (unpaired) electrons. The van der Waals surface area contributed by atoms with Crippen LogP contribution >= 0.6 is 0 Å². The van der Waals surface area contributed by atoms with E-state index in [2.05, 4.69) is 10.5 Å². The van der Waals surface area contributed by atoms with Gasteiger partial charge in [0.15, 0.2) is 0 Å². The largest absolute Gasteiger partial charge is 0.271 e. The summed E-state index contributed by atoms with van der Waals surface area (Å²) in [6.45, 7) is 5.11. The summed E-state index contributed by atoms with van der Waals surface area (Å²) in [7, 11) is -3.62. The lowest BCUT2D eigenvalue weighted by atomic mass is 10.1. The topological polar surface area (TPSA) is 78.8 Å². The van der Waals surface area contributed by atoms with Gasteiger partial charge >= 0.3 is 0 Å². The molecule has 0 bridgehead atoms. The SMILES string of the molecule is C/C(=N/NC(=O)CN(c1cc(C)ccc1C)S(C)(=O)=O)c1ccccc1. The van der Waals surface area contributed by atoms with Gasteiger partial charge in [-0.15, -0.1) is 0 Å². The van der Waals surface area contributed by atoms with Crippen molar-refractivity contribution in [3.63, 3.8) is 0 Å². The maximum atomic E-state index is 12.3. The van der Waals surface area contributed by atoms with Crippen LogP contribution in [-0.4, -0.2) is 32.8 Å². The number of sulfonamides is 1. The first-order chi connectivity index (χ1) is 12.2. The molecule has 0 saturated heterocycles. The number of aryl methyl sites for hydroxylation is 2. The Hall–Kier alpha value is -2.67. The molecule has 138 valence electrons. The van der Waals surface area contributed by atoms with Crippen molar-refractivity contribution in [2.75, 3.05) is 17.1 Å². The molecular formula is C19H23N3O3S. The number of nitrogens with zero attached hydrogens (tertiary/aromatic N) is 2. The molecule has 1 N–H and O–H groups in total. The molecule has 0 spiro atoms. The van der Waals surface area contributed by atoms with Crippen LogP contribution in [0.1, 0.15) is 23.6 Å². The van der Waals surface area contributed by atoms with Gasteiger partial charge in [-0.3, -0.25) is 9.10 Å². The van der Waals surface area contributed by atoms with Crippen LogP contribution in [0, 0.1) is 13.8 Å². The molecule has 2 aromatic carbocycles. The van der Waals surface area contributed by atoms with Crippen LogP contribution in [0.25, 0.3) is 0 Å². The van der Waals surface area contributed by atoms with Crippen LogP contribution in [0.4, 0.5) is 5.69 Å². The van der Waals surface area contributed by atoms with Gasteiger partial charge in [-0.1, -0.05) is 42.5 Å². The zero-order valence-corrected chi connectivity index (χ0v) is 16.2. The van der Waals surface area contributed by atoms with Crippen molar-refractivity contribution in [3.05, 3.63) is 65.2 Å². The number of benzene rings is 2. The number of hydrazone groups is 1. The van der Waals surface area contributed by atoms with Crippen molar-refractivity contribution in [1.82, 2.24) is 5.43 Å². The highest BCUT2D eigenvalue weighted by atomic mass is 32.2. The smallest absolute Gasteiger partial charge is 0.260 e. The average Bonchev–Trinajstić information content (AvgIpc) is 2.59. The van der Waals surface area contributed by atoms with E-state index in [4.69, 9.17) is 0 Å². The van der Waals surface area contributed by atoms with Crippen LogP contribution < -0.4 is 9.73 Å². The van der Waals surface area contributed by atoms with Crippen LogP contribution in [0.3, 0.4) is 0 Å². The van der Waals surface area contributed by atoms with Crippen LogP contribution in [-0.2, 0) is 14.8 Å². The van der Waals surface area contributed by atoms with Crippen LogP contribution in [0.15, 0.2) is 53.6 Å². The highest BCUT2D eigenvalue weighted by molar-refractivity contribution is 7.92. The molecule has 1 amide bonds. The average molecular weight is 373 g/mol. The summed E-state index contributed by atoms with van der Waals surface area (Å²) in [5.74, 6) is -0.508. The van der Waals surface area contributed by atoms with Gasteiger partial charge < -0.3 is 0 Å². The van der Waals surface area contributed by atoms with E-state index < -0.39 is 15.9 Å². The lowest BCUT2D eigenvalue weighted by molar-refractivity contribution is -0.119. The van der Waals surface area contributed by atoms with Gasteiger partial charge in [0.2, 0.25) is 10.0 Å². The van der Waals surface area contributed by atoms with E-state index in [-0.39, 0.29) is 6.54 Å². The number of amides is 1. The van der Waals surface area contributed by atoms with Crippen molar-refractivity contribution in [3.8, 4) is 0 Å². The van der Waals surface area contributed by atoms with E-state index in [0.29, 0.717) is 11.4 Å². The second kappa shape index (κ2) is 8.14. The van der Waals surface area contributed by atoms with Gasteiger partial charge in [-0.25, -0.2) is 13.8 Å². The van der Waals surface area contributed by atoms with Gasteiger partial charge in [-0.05, 0) is 43.5 Å². The fraction of sp³-hybridized carbons (Fsp3) is 0.263. The number of carbonyl (C=O) groups is 1. The minimum absolute atomic E-state index is 0.339. The Labute approximate surface area is 154 Å². The minimum Gasteiger partial charge on any atom is -0.271 e. The van der Waals surface area contributed by atoms with E-state index in [1.54, 1.807) is 13.0 Å².